The van der Waals surface area contributed by atoms with E-state index in [1.807, 2.05) is 18.2 Å². The number of carbonyl (C=O) groups excluding carboxylic acids is 1. The summed E-state index contributed by atoms with van der Waals surface area (Å²) in [7, 11) is 0. The zero-order chi connectivity index (χ0) is 20.3. The van der Waals surface area contributed by atoms with Gasteiger partial charge in [-0.05, 0) is 30.9 Å². The molecule has 0 bridgehead atoms. The molecule has 148 valence electrons. The van der Waals surface area contributed by atoms with Crippen molar-refractivity contribution in [2.24, 2.45) is 5.92 Å². The lowest BCUT2D eigenvalue weighted by atomic mass is 9.96. The third-order valence-electron chi connectivity index (χ3n) is 4.63. The van der Waals surface area contributed by atoms with E-state index in [0.717, 1.165) is 0 Å². The van der Waals surface area contributed by atoms with Crippen LogP contribution >= 0.6 is 11.3 Å². The van der Waals surface area contributed by atoms with Crippen LogP contribution in [-0.2, 0) is 11.3 Å². The van der Waals surface area contributed by atoms with Crippen LogP contribution in [0.2, 0.25) is 0 Å². The normalized spacial score (nSPS) is 12.5. The summed E-state index contributed by atoms with van der Waals surface area (Å²) in [5, 5.41) is 3.95. The molecule has 0 saturated carbocycles. The molecule has 2 aromatic heterocycles. The molecular formula is C21H25N3O3S. The lowest BCUT2D eigenvalue weighted by Gasteiger charge is -2.22. The second kappa shape index (κ2) is 8.67. The van der Waals surface area contributed by atoms with Crippen LogP contribution in [0.1, 0.15) is 53.4 Å². The summed E-state index contributed by atoms with van der Waals surface area (Å²) < 4.78 is 5.08. The molecule has 3 aromatic rings. The summed E-state index contributed by atoms with van der Waals surface area (Å²) in [5.74, 6) is 0.513. The molecular weight excluding hydrogens is 374 g/mol. The lowest BCUT2D eigenvalue weighted by molar-refractivity contribution is 0.0531. The fourth-order valence-corrected chi connectivity index (χ4v) is 4.36. The minimum atomic E-state index is -0.411. The standard InChI is InChI=1S/C21H25N3O3S/c1-5-27-21(26)18-13(4)16-19(25)23-15(24-20(16)28-18)11-22-17(12(2)3)14-9-7-6-8-10-14/h6-10,12,17,22H,5,11H2,1-4H3,(H,23,24,25)/t17-/m1/s1. The third kappa shape index (κ3) is 4.15. The zero-order valence-corrected chi connectivity index (χ0v) is 17.4. The summed E-state index contributed by atoms with van der Waals surface area (Å²) in [4.78, 5) is 33.1. The Kier molecular flexibility index (Phi) is 6.26. The Hall–Kier alpha value is -2.51. The number of H-pyrrole nitrogens is 1. The molecule has 0 saturated heterocycles. The van der Waals surface area contributed by atoms with Crippen molar-refractivity contribution in [3.05, 3.63) is 62.5 Å². The number of benzene rings is 1. The number of aromatic amines is 1. The van der Waals surface area contributed by atoms with E-state index >= 15 is 0 Å². The molecule has 6 nitrogen and oxygen atoms in total. The molecule has 1 aromatic carbocycles. The van der Waals surface area contributed by atoms with Crippen LogP contribution < -0.4 is 10.9 Å². The molecule has 0 unspecified atom stereocenters. The number of hydrogen-bond acceptors (Lipinski definition) is 6. The van der Waals surface area contributed by atoms with Crippen molar-refractivity contribution >= 4 is 27.5 Å². The van der Waals surface area contributed by atoms with Crippen LogP contribution in [-0.4, -0.2) is 22.5 Å². The van der Waals surface area contributed by atoms with E-state index in [1.54, 1.807) is 13.8 Å². The van der Waals surface area contributed by atoms with Crippen molar-refractivity contribution in [2.75, 3.05) is 6.61 Å². The topological polar surface area (TPSA) is 84.1 Å². The van der Waals surface area contributed by atoms with Crippen molar-refractivity contribution in [1.29, 1.82) is 0 Å². The number of nitrogens with zero attached hydrogens (tertiary/aromatic N) is 1. The van der Waals surface area contributed by atoms with Gasteiger partial charge in [-0.2, -0.15) is 0 Å². The molecule has 28 heavy (non-hydrogen) atoms. The fourth-order valence-electron chi connectivity index (χ4n) is 3.27. The SMILES string of the molecule is CCOC(=O)c1sc2nc(CN[C@@H](c3ccccc3)C(C)C)[nH]c(=O)c2c1C. The molecule has 1 atom stereocenters. The maximum absolute atomic E-state index is 12.6. The number of carbonyl (C=O) groups is 1. The van der Waals surface area contributed by atoms with Crippen LogP contribution in [0, 0.1) is 12.8 Å². The Labute approximate surface area is 168 Å². The Bertz CT molecular complexity index is 1020. The van der Waals surface area contributed by atoms with Gasteiger partial charge in [-0.3, -0.25) is 4.79 Å². The van der Waals surface area contributed by atoms with Gasteiger partial charge in [0.2, 0.25) is 0 Å². The van der Waals surface area contributed by atoms with E-state index in [9.17, 15) is 9.59 Å². The first-order chi connectivity index (χ1) is 13.4. The quantitative estimate of drug-likeness (QED) is 0.588. The van der Waals surface area contributed by atoms with Crippen LogP contribution in [0.5, 0.6) is 0 Å². The van der Waals surface area contributed by atoms with Gasteiger partial charge in [0.05, 0.1) is 18.5 Å². The van der Waals surface area contributed by atoms with Crippen molar-refractivity contribution < 1.29 is 9.53 Å². The van der Waals surface area contributed by atoms with E-state index in [1.165, 1.54) is 16.9 Å². The van der Waals surface area contributed by atoms with Crippen LogP contribution in [0.4, 0.5) is 0 Å². The van der Waals surface area contributed by atoms with E-state index in [0.29, 0.717) is 45.6 Å². The first kappa shape index (κ1) is 20.2. The molecule has 0 aliphatic carbocycles. The molecule has 0 spiro atoms. The van der Waals surface area contributed by atoms with Gasteiger partial charge in [0.1, 0.15) is 15.5 Å². The Morgan fingerprint density at radius 1 is 1.29 bits per heavy atom. The number of ether oxygens (including phenoxy) is 1. The Morgan fingerprint density at radius 2 is 2.00 bits per heavy atom. The molecule has 0 aliphatic rings. The first-order valence-corrected chi connectivity index (χ1v) is 10.2. The summed E-state index contributed by atoms with van der Waals surface area (Å²) in [6.45, 7) is 8.53. The average molecular weight is 400 g/mol. The number of hydrogen-bond donors (Lipinski definition) is 2. The Balaban J connectivity index is 1.88. The second-order valence-corrected chi connectivity index (χ2v) is 7.98. The van der Waals surface area contributed by atoms with Gasteiger partial charge < -0.3 is 15.0 Å². The van der Waals surface area contributed by atoms with Crippen molar-refractivity contribution in [3.8, 4) is 0 Å². The molecule has 2 heterocycles. The van der Waals surface area contributed by atoms with Crippen molar-refractivity contribution in [3.63, 3.8) is 0 Å². The van der Waals surface area contributed by atoms with Crippen LogP contribution in [0.3, 0.4) is 0 Å². The highest BCUT2D eigenvalue weighted by atomic mass is 32.1. The highest BCUT2D eigenvalue weighted by molar-refractivity contribution is 7.20. The van der Waals surface area contributed by atoms with Crippen molar-refractivity contribution in [2.45, 2.75) is 40.3 Å². The van der Waals surface area contributed by atoms with E-state index in [4.69, 9.17) is 4.74 Å². The van der Waals surface area contributed by atoms with E-state index < -0.39 is 5.97 Å². The predicted octanol–water partition coefficient (Wildman–Crippen LogP) is 3.96. The first-order valence-electron chi connectivity index (χ1n) is 9.40. The highest BCUT2D eigenvalue weighted by Crippen LogP contribution is 2.28. The number of aryl methyl sites for hydroxylation is 1. The number of nitrogens with one attached hydrogen (secondary N) is 2. The smallest absolute Gasteiger partial charge is 0.348 e. The minimum Gasteiger partial charge on any atom is -0.462 e. The van der Waals surface area contributed by atoms with Crippen LogP contribution in [0.15, 0.2) is 35.1 Å². The third-order valence-corrected chi connectivity index (χ3v) is 5.79. The summed E-state index contributed by atoms with van der Waals surface area (Å²) >= 11 is 1.20. The monoisotopic (exact) mass is 399 g/mol. The van der Waals surface area contributed by atoms with Gasteiger partial charge in [0.25, 0.3) is 5.56 Å². The van der Waals surface area contributed by atoms with Gasteiger partial charge in [-0.25, -0.2) is 9.78 Å². The van der Waals surface area contributed by atoms with Crippen LogP contribution in [0.25, 0.3) is 10.2 Å². The maximum Gasteiger partial charge on any atom is 0.348 e. The number of rotatable bonds is 7. The minimum absolute atomic E-state index is 0.141. The molecule has 0 fully saturated rings. The summed E-state index contributed by atoms with van der Waals surface area (Å²) in [5.41, 5.74) is 1.58. The zero-order valence-electron chi connectivity index (χ0n) is 16.5. The summed E-state index contributed by atoms with van der Waals surface area (Å²) in [6, 6.07) is 10.3. The molecule has 0 amide bonds. The van der Waals surface area contributed by atoms with Gasteiger partial charge >= 0.3 is 5.97 Å². The summed E-state index contributed by atoms with van der Waals surface area (Å²) in [6.07, 6.45) is 0. The molecule has 2 N–H and O–H groups in total. The molecule has 7 heteroatoms. The number of aromatic nitrogens is 2. The number of esters is 1. The second-order valence-electron chi connectivity index (χ2n) is 6.98. The molecule has 0 aliphatic heterocycles. The van der Waals surface area contributed by atoms with Gasteiger partial charge in [-0.15, -0.1) is 11.3 Å². The van der Waals surface area contributed by atoms with Gasteiger partial charge in [0.15, 0.2) is 0 Å². The number of fused-ring (bicyclic) bond motifs is 1. The number of thiophene rings is 1. The Morgan fingerprint density at radius 3 is 2.64 bits per heavy atom. The van der Waals surface area contributed by atoms with Crippen molar-refractivity contribution in [1.82, 2.24) is 15.3 Å². The maximum atomic E-state index is 12.6. The highest BCUT2D eigenvalue weighted by Gasteiger charge is 2.21. The molecule has 3 rings (SSSR count). The fraction of sp³-hybridized carbons (Fsp3) is 0.381. The van der Waals surface area contributed by atoms with E-state index in [-0.39, 0.29) is 11.6 Å². The predicted molar refractivity (Wildman–Crippen MR) is 112 cm³/mol. The van der Waals surface area contributed by atoms with Gasteiger partial charge in [0, 0.05) is 6.04 Å². The lowest BCUT2D eigenvalue weighted by Crippen LogP contribution is -2.27. The largest absolute Gasteiger partial charge is 0.462 e. The van der Waals surface area contributed by atoms with E-state index in [2.05, 4.69) is 41.3 Å². The molecule has 0 radical (unpaired) electrons. The van der Waals surface area contributed by atoms with Gasteiger partial charge in [-0.1, -0.05) is 44.2 Å². The average Bonchev–Trinajstić information content (AvgIpc) is 3.00.